The summed E-state index contributed by atoms with van der Waals surface area (Å²) >= 11 is 0. The zero-order chi connectivity index (χ0) is 12.0. The molecule has 2 atom stereocenters. The van der Waals surface area contributed by atoms with Crippen LogP contribution in [0.15, 0.2) is 0 Å². The average Bonchev–Trinajstić information content (AvgIpc) is 2.27. The number of carbonyl (C=O) groups excluding carboxylic acids is 2. The molecule has 1 rings (SSSR count). The van der Waals surface area contributed by atoms with Gasteiger partial charge in [-0.05, 0) is 6.42 Å². The number of carbonyl (C=O) groups is 2. The van der Waals surface area contributed by atoms with E-state index in [4.69, 9.17) is 4.74 Å². The number of piperidine rings is 1. The predicted molar refractivity (Wildman–Crippen MR) is 56.6 cm³/mol. The van der Waals surface area contributed by atoms with E-state index in [2.05, 4.69) is 10.6 Å². The van der Waals surface area contributed by atoms with Crippen LogP contribution >= 0.6 is 0 Å². The number of nitrogens with one attached hydrogen (secondary N) is 2. The second-order valence-electron chi connectivity index (χ2n) is 3.89. The Hall–Kier alpha value is -1.14. The molecule has 2 unspecified atom stereocenters. The lowest BCUT2D eigenvalue weighted by Gasteiger charge is -2.22. The number of aliphatic hydroxyl groups excluding tert-OH is 1. The average molecular weight is 230 g/mol. The molecule has 2 amide bonds. The topological polar surface area (TPSA) is 87.7 Å². The molecule has 1 heterocycles. The Kier molecular flexibility index (Phi) is 5.21. The van der Waals surface area contributed by atoms with Crippen LogP contribution in [-0.4, -0.2) is 49.8 Å². The fourth-order valence-corrected chi connectivity index (χ4v) is 1.57. The van der Waals surface area contributed by atoms with Gasteiger partial charge in [-0.15, -0.1) is 0 Å². The summed E-state index contributed by atoms with van der Waals surface area (Å²) in [6.45, 7) is 0.754. The number of hydrogen-bond donors (Lipinski definition) is 3. The van der Waals surface area contributed by atoms with E-state index in [-0.39, 0.29) is 30.9 Å². The van der Waals surface area contributed by atoms with Crippen LogP contribution < -0.4 is 10.6 Å². The molecule has 1 saturated heterocycles. The first kappa shape index (κ1) is 12.9. The Morgan fingerprint density at radius 1 is 1.75 bits per heavy atom. The van der Waals surface area contributed by atoms with Crippen LogP contribution in [0.3, 0.4) is 0 Å². The zero-order valence-electron chi connectivity index (χ0n) is 9.36. The molecule has 0 aliphatic carbocycles. The molecule has 0 spiro atoms. The van der Waals surface area contributed by atoms with E-state index in [9.17, 15) is 14.7 Å². The molecule has 16 heavy (non-hydrogen) atoms. The number of hydrogen-bond acceptors (Lipinski definition) is 4. The minimum atomic E-state index is -0.688. The van der Waals surface area contributed by atoms with Gasteiger partial charge < -0.3 is 20.5 Å². The molecule has 1 aliphatic heterocycles. The minimum absolute atomic E-state index is 0.0107. The number of rotatable bonds is 5. The first-order valence-corrected chi connectivity index (χ1v) is 5.35. The first-order chi connectivity index (χ1) is 7.63. The van der Waals surface area contributed by atoms with Gasteiger partial charge in [-0.2, -0.15) is 0 Å². The van der Waals surface area contributed by atoms with Crippen LogP contribution in [0.25, 0.3) is 0 Å². The van der Waals surface area contributed by atoms with E-state index in [1.165, 1.54) is 7.11 Å². The molecule has 0 aromatic heterocycles. The Balaban J connectivity index is 2.22. The highest BCUT2D eigenvalue weighted by Gasteiger charge is 2.24. The summed E-state index contributed by atoms with van der Waals surface area (Å²) in [5.41, 5.74) is 0. The molecule has 92 valence electrons. The summed E-state index contributed by atoms with van der Waals surface area (Å²) in [4.78, 5) is 22.5. The van der Waals surface area contributed by atoms with Gasteiger partial charge in [0.15, 0.2) is 0 Å². The smallest absolute Gasteiger partial charge is 0.224 e. The van der Waals surface area contributed by atoms with Crippen LogP contribution in [0, 0.1) is 5.92 Å². The Morgan fingerprint density at radius 2 is 2.50 bits per heavy atom. The summed E-state index contributed by atoms with van der Waals surface area (Å²) in [6.07, 6.45) is 0.267. The van der Waals surface area contributed by atoms with Crippen molar-refractivity contribution in [3.8, 4) is 0 Å². The van der Waals surface area contributed by atoms with Crippen LogP contribution in [-0.2, 0) is 14.3 Å². The highest BCUT2D eigenvalue weighted by atomic mass is 16.5. The highest BCUT2D eigenvalue weighted by Crippen LogP contribution is 2.10. The number of methoxy groups -OCH3 is 1. The van der Waals surface area contributed by atoms with E-state index in [1.54, 1.807) is 0 Å². The standard InChI is InChI=1S/C10H18N2O4/c1-16-6-8(13)5-12-10(15)7-2-3-9(14)11-4-7/h7-8,13H,2-6H2,1H3,(H,11,14)(H,12,15). The highest BCUT2D eigenvalue weighted by molar-refractivity contribution is 5.83. The maximum Gasteiger partial charge on any atom is 0.224 e. The Bertz CT molecular complexity index is 247. The minimum Gasteiger partial charge on any atom is -0.389 e. The van der Waals surface area contributed by atoms with Gasteiger partial charge in [0.05, 0.1) is 18.6 Å². The fraction of sp³-hybridized carbons (Fsp3) is 0.800. The lowest BCUT2D eigenvalue weighted by Crippen LogP contribution is -2.45. The van der Waals surface area contributed by atoms with Gasteiger partial charge in [-0.25, -0.2) is 0 Å². The van der Waals surface area contributed by atoms with Gasteiger partial charge in [-0.3, -0.25) is 9.59 Å². The van der Waals surface area contributed by atoms with E-state index in [1.807, 2.05) is 0 Å². The third-order valence-electron chi connectivity index (χ3n) is 2.51. The largest absolute Gasteiger partial charge is 0.389 e. The van der Waals surface area contributed by atoms with Crippen molar-refractivity contribution < 1.29 is 19.4 Å². The van der Waals surface area contributed by atoms with Crippen molar-refractivity contribution in [2.45, 2.75) is 18.9 Å². The second kappa shape index (κ2) is 6.44. The van der Waals surface area contributed by atoms with Crippen LogP contribution in [0.2, 0.25) is 0 Å². The number of ether oxygens (including phenoxy) is 1. The number of aliphatic hydroxyl groups is 1. The first-order valence-electron chi connectivity index (χ1n) is 5.35. The SMILES string of the molecule is COCC(O)CNC(=O)C1CCC(=O)NC1. The van der Waals surface area contributed by atoms with E-state index in [0.717, 1.165) is 0 Å². The molecule has 0 radical (unpaired) electrons. The molecule has 3 N–H and O–H groups in total. The van der Waals surface area contributed by atoms with Crippen LogP contribution in [0.5, 0.6) is 0 Å². The Morgan fingerprint density at radius 3 is 3.06 bits per heavy atom. The van der Waals surface area contributed by atoms with E-state index >= 15 is 0 Å². The summed E-state index contributed by atoms with van der Waals surface area (Å²) in [5.74, 6) is -0.328. The van der Waals surface area contributed by atoms with Crippen molar-refractivity contribution in [3.63, 3.8) is 0 Å². The fourth-order valence-electron chi connectivity index (χ4n) is 1.57. The second-order valence-corrected chi connectivity index (χ2v) is 3.89. The molecule has 1 aliphatic rings. The van der Waals surface area contributed by atoms with Gasteiger partial charge in [0.1, 0.15) is 0 Å². The zero-order valence-corrected chi connectivity index (χ0v) is 9.36. The van der Waals surface area contributed by atoms with Crippen molar-refractivity contribution >= 4 is 11.8 Å². The predicted octanol–water partition coefficient (Wildman–Crippen LogP) is -1.36. The molecule has 0 saturated carbocycles. The molecular formula is C10H18N2O4. The van der Waals surface area contributed by atoms with Gasteiger partial charge in [-0.1, -0.05) is 0 Å². The van der Waals surface area contributed by atoms with Crippen molar-refractivity contribution in [2.24, 2.45) is 5.92 Å². The lowest BCUT2D eigenvalue weighted by atomic mass is 9.98. The normalized spacial score (nSPS) is 22.4. The third-order valence-corrected chi connectivity index (χ3v) is 2.51. The monoisotopic (exact) mass is 230 g/mol. The van der Waals surface area contributed by atoms with E-state index in [0.29, 0.717) is 19.4 Å². The van der Waals surface area contributed by atoms with Gasteiger partial charge in [0, 0.05) is 26.6 Å². The number of amides is 2. The lowest BCUT2D eigenvalue weighted by molar-refractivity contribution is -0.129. The van der Waals surface area contributed by atoms with E-state index < -0.39 is 6.10 Å². The molecule has 6 heteroatoms. The molecular weight excluding hydrogens is 212 g/mol. The van der Waals surface area contributed by atoms with Crippen molar-refractivity contribution in [2.75, 3.05) is 26.8 Å². The molecule has 0 aromatic carbocycles. The summed E-state index contributed by atoms with van der Waals surface area (Å²) in [7, 11) is 1.49. The van der Waals surface area contributed by atoms with Crippen LogP contribution in [0.4, 0.5) is 0 Å². The quantitative estimate of drug-likeness (QED) is 0.544. The van der Waals surface area contributed by atoms with Gasteiger partial charge in [0.2, 0.25) is 11.8 Å². The van der Waals surface area contributed by atoms with Crippen molar-refractivity contribution in [3.05, 3.63) is 0 Å². The van der Waals surface area contributed by atoms with Crippen molar-refractivity contribution in [1.82, 2.24) is 10.6 Å². The third kappa shape index (κ3) is 4.16. The Labute approximate surface area is 94.3 Å². The van der Waals surface area contributed by atoms with Gasteiger partial charge >= 0.3 is 0 Å². The molecule has 6 nitrogen and oxygen atoms in total. The van der Waals surface area contributed by atoms with Gasteiger partial charge in [0.25, 0.3) is 0 Å². The summed E-state index contributed by atoms with van der Waals surface area (Å²) in [6, 6.07) is 0. The van der Waals surface area contributed by atoms with Crippen molar-refractivity contribution in [1.29, 1.82) is 0 Å². The summed E-state index contributed by atoms with van der Waals surface area (Å²) in [5, 5.41) is 14.6. The van der Waals surface area contributed by atoms with Crippen LogP contribution in [0.1, 0.15) is 12.8 Å². The maximum atomic E-state index is 11.6. The molecule has 1 fully saturated rings. The summed E-state index contributed by atoms with van der Waals surface area (Å²) < 4.78 is 4.74. The molecule has 0 bridgehead atoms. The maximum absolute atomic E-state index is 11.6. The molecule has 0 aromatic rings.